The van der Waals surface area contributed by atoms with Crippen molar-refractivity contribution in [2.24, 2.45) is 5.10 Å². The van der Waals surface area contributed by atoms with Crippen molar-refractivity contribution in [2.45, 2.75) is 6.18 Å². The molecule has 0 aliphatic heterocycles. The van der Waals surface area contributed by atoms with E-state index in [1.807, 2.05) is 6.07 Å². The molecule has 0 radical (unpaired) electrons. The maximum atomic E-state index is 12.5. The van der Waals surface area contributed by atoms with Crippen molar-refractivity contribution in [3.63, 3.8) is 0 Å². The van der Waals surface area contributed by atoms with Crippen LogP contribution in [0.15, 0.2) is 59.7 Å². The van der Waals surface area contributed by atoms with Gasteiger partial charge in [0.1, 0.15) is 5.75 Å². The van der Waals surface area contributed by atoms with Gasteiger partial charge in [-0.15, -0.1) is 0 Å². The zero-order valence-electron chi connectivity index (χ0n) is 11.9. The van der Waals surface area contributed by atoms with Gasteiger partial charge in [-0.1, -0.05) is 30.3 Å². The molecule has 0 aliphatic rings. The number of amides is 1. The van der Waals surface area contributed by atoms with Crippen molar-refractivity contribution in [1.29, 1.82) is 0 Å². The number of halogens is 3. The van der Waals surface area contributed by atoms with E-state index in [1.165, 1.54) is 12.1 Å². The van der Waals surface area contributed by atoms with Gasteiger partial charge in [0.25, 0.3) is 5.91 Å². The fourth-order valence-electron chi connectivity index (χ4n) is 1.67. The zero-order chi connectivity index (χ0) is 16.7. The van der Waals surface area contributed by atoms with E-state index in [2.05, 4.69) is 10.5 Å². The molecule has 1 N–H and O–H groups in total. The third-order valence-corrected chi connectivity index (χ3v) is 2.73. The lowest BCUT2D eigenvalue weighted by atomic mass is 10.1. The highest BCUT2D eigenvalue weighted by Gasteiger charge is 2.30. The molecular formula is C16H13F3N2O2. The summed E-state index contributed by atoms with van der Waals surface area (Å²) in [5, 5.41) is 3.61. The molecule has 0 aromatic heterocycles. The Morgan fingerprint density at radius 3 is 2.57 bits per heavy atom. The number of carbonyl (C=O) groups is 1. The number of nitrogens with zero attached hydrogens (tertiary/aromatic N) is 1. The van der Waals surface area contributed by atoms with Gasteiger partial charge in [0.15, 0.2) is 6.61 Å². The Morgan fingerprint density at radius 2 is 1.87 bits per heavy atom. The smallest absolute Gasteiger partial charge is 0.416 e. The largest absolute Gasteiger partial charge is 0.484 e. The molecule has 0 unspecified atom stereocenters. The Balaban J connectivity index is 1.85. The van der Waals surface area contributed by atoms with Gasteiger partial charge in [-0.3, -0.25) is 4.79 Å². The lowest BCUT2D eigenvalue weighted by Gasteiger charge is -2.06. The average Bonchev–Trinajstić information content (AvgIpc) is 2.53. The van der Waals surface area contributed by atoms with Gasteiger partial charge in [-0.25, -0.2) is 5.43 Å². The monoisotopic (exact) mass is 322 g/mol. The Labute approximate surface area is 130 Å². The molecule has 0 spiro atoms. The third-order valence-electron chi connectivity index (χ3n) is 2.73. The molecule has 0 aliphatic carbocycles. The van der Waals surface area contributed by atoms with Crippen LogP contribution in [0.1, 0.15) is 11.1 Å². The number of carbonyl (C=O) groups excluding carboxylic acids is 1. The van der Waals surface area contributed by atoms with Crippen LogP contribution in [0.25, 0.3) is 0 Å². The van der Waals surface area contributed by atoms with E-state index >= 15 is 0 Å². The quantitative estimate of drug-likeness (QED) is 0.679. The van der Waals surface area contributed by atoms with Crippen LogP contribution in [-0.4, -0.2) is 18.7 Å². The van der Waals surface area contributed by atoms with Crippen LogP contribution >= 0.6 is 0 Å². The van der Waals surface area contributed by atoms with Crippen LogP contribution < -0.4 is 10.2 Å². The number of nitrogens with one attached hydrogen (secondary N) is 1. The van der Waals surface area contributed by atoms with Gasteiger partial charge in [0.05, 0.1) is 11.8 Å². The fraction of sp³-hybridized carbons (Fsp3) is 0.125. The van der Waals surface area contributed by atoms with Crippen molar-refractivity contribution < 1.29 is 22.7 Å². The lowest BCUT2D eigenvalue weighted by molar-refractivity contribution is -0.137. The molecule has 2 rings (SSSR count). The summed E-state index contributed by atoms with van der Waals surface area (Å²) in [5.74, 6) is 0.0154. The molecule has 0 saturated heterocycles. The number of hydrogen-bond donors (Lipinski definition) is 1. The van der Waals surface area contributed by atoms with E-state index in [4.69, 9.17) is 4.74 Å². The number of alkyl halides is 3. The fourth-order valence-corrected chi connectivity index (χ4v) is 1.67. The summed E-state index contributed by atoms with van der Waals surface area (Å²) >= 11 is 0. The topological polar surface area (TPSA) is 50.7 Å². The van der Waals surface area contributed by atoms with Crippen molar-refractivity contribution >= 4 is 12.1 Å². The van der Waals surface area contributed by atoms with Gasteiger partial charge < -0.3 is 4.74 Å². The summed E-state index contributed by atoms with van der Waals surface area (Å²) in [5.41, 5.74) is 1.63. The van der Waals surface area contributed by atoms with Crippen LogP contribution in [0.4, 0.5) is 13.2 Å². The molecule has 0 saturated carbocycles. The van der Waals surface area contributed by atoms with Crippen LogP contribution in [-0.2, 0) is 11.0 Å². The molecule has 0 heterocycles. The first kappa shape index (κ1) is 16.5. The number of para-hydroxylation sites is 1. The minimum absolute atomic E-state index is 0.226. The van der Waals surface area contributed by atoms with E-state index in [-0.39, 0.29) is 12.2 Å². The molecule has 0 fully saturated rings. The zero-order valence-corrected chi connectivity index (χ0v) is 11.9. The SMILES string of the molecule is O=C(COc1ccccc1)N/N=C\c1cccc(C(F)(F)F)c1. The average molecular weight is 322 g/mol. The van der Waals surface area contributed by atoms with E-state index in [0.29, 0.717) is 5.75 Å². The molecular weight excluding hydrogens is 309 g/mol. The van der Waals surface area contributed by atoms with Crippen LogP contribution in [0, 0.1) is 0 Å². The Kier molecular flexibility index (Phi) is 5.35. The van der Waals surface area contributed by atoms with Crippen molar-refractivity contribution in [1.82, 2.24) is 5.43 Å². The normalized spacial score (nSPS) is 11.4. The summed E-state index contributed by atoms with van der Waals surface area (Å²) in [7, 11) is 0. The number of ether oxygens (including phenoxy) is 1. The van der Waals surface area contributed by atoms with Crippen molar-refractivity contribution in [3.8, 4) is 5.75 Å². The van der Waals surface area contributed by atoms with Gasteiger partial charge in [0.2, 0.25) is 0 Å². The van der Waals surface area contributed by atoms with E-state index in [9.17, 15) is 18.0 Å². The van der Waals surface area contributed by atoms with E-state index < -0.39 is 17.6 Å². The van der Waals surface area contributed by atoms with Gasteiger partial charge in [0, 0.05) is 0 Å². The summed E-state index contributed by atoms with van der Waals surface area (Å²) < 4.78 is 42.8. The molecule has 4 nitrogen and oxygen atoms in total. The highest BCUT2D eigenvalue weighted by Crippen LogP contribution is 2.29. The predicted molar refractivity (Wildman–Crippen MR) is 79.1 cm³/mol. The Morgan fingerprint density at radius 1 is 1.13 bits per heavy atom. The highest BCUT2D eigenvalue weighted by molar-refractivity contribution is 5.83. The molecule has 23 heavy (non-hydrogen) atoms. The standard InChI is InChI=1S/C16H13F3N2O2/c17-16(18,19)13-6-4-5-12(9-13)10-20-21-15(22)11-23-14-7-2-1-3-8-14/h1-10H,11H2,(H,21,22)/b20-10-. The first-order valence-corrected chi connectivity index (χ1v) is 6.62. The number of benzene rings is 2. The van der Waals surface area contributed by atoms with Crippen molar-refractivity contribution in [2.75, 3.05) is 6.61 Å². The second-order valence-corrected chi connectivity index (χ2v) is 4.52. The minimum Gasteiger partial charge on any atom is -0.484 e. The van der Waals surface area contributed by atoms with E-state index in [1.54, 1.807) is 24.3 Å². The Bertz CT molecular complexity index is 685. The van der Waals surface area contributed by atoms with Gasteiger partial charge in [-0.05, 0) is 29.8 Å². The second-order valence-electron chi connectivity index (χ2n) is 4.52. The molecule has 2 aromatic carbocycles. The van der Waals surface area contributed by atoms with E-state index in [0.717, 1.165) is 18.3 Å². The molecule has 1 amide bonds. The van der Waals surface area contributed by atoms with Gasteiger partial charge >= 0.3 is 6.18 Å². The van der Waals surface area contributed by atoms with Crippen molar-refractivity contribution in [3.05, 3.63) is 65.7 Å². The number of rotatable bonds is 5. The second kappa shape index (κ2) is 7.44. The first-order chi connectivity index (χ1) is 10.9. The van der Waals surface area contributed by atoms with Crippen LogP contribution in [0.2, 0.25) is 0 Å². The number of hydrogen-bond acceptors (Lipinski definition) is 3. The summed E-state index contributed by atoms with van der Waals surface area (Å²) in [6.45, 7) is -0.246. The third kappa shape index (κ3) is 5.46. The maximum Gasteiger partial charge on any atom is 0.416 e. The van der Waals surface area contributed by atoms with Crippen LogP contribution in [0.5, 0.6) is 5.75 Å². The predicted octanol–water partition coefficient (Wildman–Crippen LogP) is 3.23. The summed E-state index contributed by atoms with van der Waals surface area (Å²) in [6.07, 6.45) is -3.29. The van der Waals surface area contributed by atoms with Crippen LogP contribution in [0.3, 0.4) is 0 Å². The lowest BCUT2D eigenvalue weighted by Crippen LogP contribution is -2.24. The molecule has 120 valence electrons. The molecule has 7 heteroatoms. The molecule has 0 bridgehead atoms. The van der Waals surface area contributed by atoms with Gasteiger partial charge in [-0.2, -0.15) is 18.3 Å². The maximum absolute atomic E-state index is 12.5. The summed E-state index contributed by atoms with van der Waals surface area (Å²) in [6, 6.07) is 13.3. The molecule has 0 atom stereocenters. The number of hydrazone groups is 1. The highest BCUT2D eigenvalue weighted by atomic mass is 19.4. The Hall–Kier alpha value is -2.83. The molecule has 2 aromatic rings. The summed E-state index contributed by atoms with van der Waals surface area (Å²) in [4.78, 5) is 11.5. The minimum atomic E-state index is -4.42. The first-order valence-electron chi connectivity index (χ1n) is 6.62.